The van der Waals surface area contributed by atoms with Gasteiger partial charge in [-0.3, -0.25) is 0 Å². The molecular formula is C12H26N2. The second-order valence-electron chi connectivity index (χ2n) is 4.75. The molecule has 0 aromatic heterocycles. The van der Waals surface area contributed by atoms with Crippen molar-refractivity contribution in [3.05, 3.63) is 0 Å². The molecule has 0 bridgehead atoms. The molecule has 0 aliphatic carbocycles. The molecule has 0 amide bonds. The van der Waals surface area contributed by atoms with E-state index in [1.165, 1.54) is 45.4 Å². The Morgan fingerprint density at radius 1 is 1.36 bits per heavy atom. The first-order valence-electron chi connectivity index (χ1n) is 6.13. The lowest BCUT2D eigenvalue weighted by atomic mass is 9.84. The zero-order valence-corrected chi connectivity index (χ0v) is 10.1. The molecule has 0 aromatic rings. The molecule has 1 unspecified atom stereocenters. The average molecular weight is 198 g/mol. The maximum absolute atomic E-state index is 3.44. The van der Waals surface area contributed by atoms with Crippen LogP contribution in [-0.4, -0.2) is 38.1 Å². The summed E-state index contributed by atoms with van der Waals surface area (Å²) in [6, 6.07) is 0. The van der Waals surface area contributed by atoms with E-state index in [4.69, 9.17) is 0 Å². The quantitative estimate of drug-likeness (QED) is 0.726. The van der Waals surface area contributed by atoms with E-state index >= 15 is 0 Å². The Kier molecular flexibility index (Phi) is 5.49. The van der Waals surface area contributed by atoms with Crippen molar-refractivity contribution in [3.63, 3.8) is 0 Å². The van der Waals surface area contributed by atoms with Gasteiger partial charge in [0.1, 0.15) is 0 Å². The predicted molar refractivity (Wildman–Crippen MR) is 62.5 cm³/mol. The summed E-state index contributed by atoms with van der Waals surface area (Å²) < 4.78 is 0. The SMILES string of the molecule is CCN(C)CCC(C)C1CCNCC1. The summed E-state index contributed by atoms with van der Waals surface area (Å²) >= 11 is 0. The molecular weight excluding hydrogens is 172 g/mol. The molecule has 0 spiro atoms. The highest BCUT2D eigenvalue weighted by atomic mass is 15.1. The fourth-order valence-electron chi connectivity index (χ4n) is 2.23. The number of hydrogen-bond acceptors (Lipinski definition) is 2. The van der Waals surface area contributed by atoms with Crippen molar-refractivity contribution in [1.82, 2.24) is 10.2 Å². The maximum atomic E-state index is 3.44. The van der Waals surface area contributed by atoms with Crippen molar-refractivity contribution in [3.8, 4) is 0 Å². The van der Waals surface area contributed by atoms with E-state index in [0.29, 0.717) is 0 Å². The van der Waals surface area contributed by atoms with Gasteiger partial charge in [0.2, 0.25) is 0 Å². The molecule has 1 atom stereocenters. The fourth-order valence-corrected chi connectivity index (χ4v) is 2.23. The van der Waals surface area contributed by atoms with Gasteiger partial charge in [-0.25, -0.2) is 0 Å². The molecule has 0 aromatic carbocycles. The van der Waals surface area contributed by atoms with Crippen LogP contribution in [0.15, 0.2) is 0 Å². The summed E-state index contributed by atoms with van der Waals surface area (Å²) in [5.41, 5.74) is 0. The lowest BCUT2D eigenvalue weighted by Gasteiger charge is -2.29. The minimum atomic E-state index is 0.908. The van der Waals surface area contributed by atoms with E-state index in [1.807, 2.05) is 0 Å². The van der Waals surface area contributed by atoms with Gasteiger partial charge in [-0.2, -0.15) is 0 Å². The highest BCUT2D eigenvalue weighted by Gasteiger charge is 2.19. The standard InChI is InChI=1S/C12H26N2/c1-4-14(3)10-7-11(2)12-5-8-13-9-6-12/h11-13H,4-10H2,1-3H3. The molecule has 1 aliphatic heterocycles. The highest BCUT2D eigenvalue weighted by Crippen LogP contribution is 2.24. The first kappa shape index (κ1) is 12.0. The smallest absolute Gasteiger partial charge is 0.00193 e. The van der Waals surface area contributed by atoms with Crippen molar-refractivity contribution in [2.45, 2.75) is 33.1 Å². The van der Waals surface area contributed by atoms with Gasteiger partial charge in [0, 0.05) is 0 Å². The largest absolute Gasteiger partial charge is 0.317 e. The van der Waals surface area contributed by atoms with E-state index in [9.17, 15) is 0 Å². The van der Waals surface area contributed by atoms with Gasteiger partial charge >= 0.3 is 0 Å². The van der Waals surface area contributed by atoms with Gasteiger partial charge in [-0.05, 0) is 64.3 Å². The Balaban J connectivity index is 2.16. The van der Waals surface area contributed by atoms with E-state index in [2.05, 4.69) is 31.1 Å². The van der Waals surface area contributed by atoms with E-state index in [-0.39, 0.29) is 0 Å². The fraction of sp³-hybridized carbons (Fsp3) is 1.00. The molecule has 1 fully saturated rings. The lowest BCUT2D eigenvalue weighted by molar-refractivity contribution is 0.232. The Hall–Kier alpha value is -0.0800. The Bertz CT molecular complexity index is 141. The minimum absolute atomic E-state index is 0.908. The number of nitrogens with one attached hydrogen (secondary N) is 1. The van der Waals surface area contributed by atoms with Crippen LogP contribution in [0.1, 0.15) is 33.1 Å². The number of hydrogen-bond donors (Lipinski definition) is 1. The molecule has 84 valence electrons. The van der Waals surface area contributed by atoms with Crippen molar-refractivity contribution in [1.29, 1.82) is 0 Å². The van der Waals surface area contributed by atoms with Crippen LogP contribution in [0, 0.1) is 11.8 Å². The van der Waals surface area contributed by atoms with Crippen molar-refractivity contribution < 1.29 is 0 Å². The zero-order chi connectivity index (χ0) is 10.4. The summed E-state index contributed by atoms with van der Waals surface area (Å²) in [6.07, 6.45) is 4.14. The third-order valence-corrected chi connectivity index (χ3v) is 3.69. The van der Waals surface area contributed by atoms with Crippen LogP contribution in [0.5, 0.6) is 0 Å². The molecule has 1 aliphatic rings. The van der Waals surface area contributed by atoms with Gasteiger partial charge in [0.25, 0.3) is 0 Å². The number of rotatable bonds is 5. The molecule has 1 heterocycles. The minimum Gasteiger partial charge on any atom is -0.317 e. The first-order valence-corrected chi connectivity index (χ1v) is 6.13. The van der Waals surface area contributed by atoms with Gasteiger partial charge in [-0.15, -0.1) is 0 Å². The van der Waals surface area contributed by atoms with Gasteiger partial charge in [-0.1, -0.05) is 13.8 Å². The van der Waals surface area contributed by atoms with Crippen molar-refractivity contribution in [2.24, 2.45) is 11.8 Å². The topological polar surface area (TPSA) is 15.3 Å². The third kappa shape index (κ3) is 3.97. The first-order chi connectivity index (χ1) is 6.74. The normalized spacial score (nSPS) is 21.4. The highest BCUT2D eigenvalue weighted by molar-refractivity contribution is 4.73. The monoisotopic (exact) mass is 198 g/mol. The Morgan fingerprint density at radius 3 is 2.57 bits per heavy atom. The van der Waals surface area contributed by atoms with E-state index in [0.717, 1.165) is 11.8 Å². The molecule has 2 nitrogen and oxygen atoms in total. The molecule has 1 rings (SSSR count). The Morgan fingerprint density at radius 2 is 2.00 bits per heavy atom. The number of piperidine rings is 1. The molecule has 2 heteroatoms. The molecule has 0 radical (unpaired) electrons. The third-order valence-electron chi connectivity index (χ3n) is 3.69. The van der Waals surface area contributed by atoms with E-state index < -0.39 is 0 Å². The van der Waals surface area contributed by atoms with Crippen LogP contribution < -0.4 is 5.32 Å². The van der Waals surface area contributed by atoms with Crippen LogP contribution >= 0.6 is 0 Å². The Labute approximate surface area is 89.1 Å². The average Bonchev–Trinajstić information content (AvgIpc) is 2.26. The summed E-state index contributed by atoms with van der Waals surface area (Å²) in [5, 5.41) is 3.44. The summed E-state index contributed by atoms with van der Waals surface area (Å²) in [4.78, 5) is 2.41. The maximum Gasteiger partial charge on any atom is -0.00193 e. The van der Waals surface area contributed by atoms with Crippen molar-refractivity contribution in [2.75, 3.05) is 33.2 Å². The van der Waals surface area contributed by atoms with Gasteiger partial charge in [0.15, 0.2) is 0 Å². The molecule has 1 N–H and O–H groups in total. The van der Waals surface area contributed by atoms with Crippen LogP contribution in [0.2, 0.25) is 0 Å². The summed E-state index contributed by atoms with van der Waals surface area (Å²) in [5.74, 6) is 1.88. The second-order valence-corrected chi connectivity index (χ2v) is 4.75. The second kappa shape index (κ2) is 6.41. The van der Waals surface area contributed by atoms with Crippen molar-refractivity contribution >= 4 is 0 Å². The predicted octanol–water partition coefficient (Wildman–Crippen LogP) is 1.96. The molecule has 1 saturated heterocycles. The van der Waals surface area contributed by atoms with Crippen LogP contribution in [0.4, 0.5) is 0 Å². The van der Waals surface area contributed by atoms with Gasteiger partial charge in [0.05, 0.1) is 0 Å². The van der Waals surface area contributed by atoms with Gasteiger partial charge < -0.3 is 10.2 Å². The molecule has 0 saturated carbocycles. The van der Waals surface area contributed by atoms with Crippen LogP contribution in [0.25, 0.3) is 0 Å². The molecule has 14 heavy (non-hydrogen) atoms. The zero-order valence-electron chi connectivity index (χ0n) is 10.1. The van der Waals surface area contributed by atoms with Crippen LogP contribution in [-0.2, 0) is 0 Å². The van der Waals surface area contributed by atoms with E-state index in [1.54, 1.807) is 0 Å². The van der Waals surface area contributed by atoms with Crippen LogP contribution in [0.3, 0.4) is 0 Å². The number of nitrogens with zero attached hydrogens (tertiary/aromatic N) is 1. The summed E-state index contributed by atoms with van der Waals surface area (Å²) in [7, 11) is 2.22. The lowest BCUT2D eigenvalue weighted by Crippen LogP contribution is -2.32. The summed E-state index contributed by atoms with van der Waals surface area (Å²) in [6.45, 7) is 9.58.